The van der Waals surface area contributed by atoms with Crippen molar-refractivity contribution < 1.29 is 4.39 Å². The molecule has 2 nitrogen and oxygen atoms in total. The van der Waals surface area contributed by atoms with E-state index in [-0.39, 0.29) is 10.8 Å². The molecule has 0 radical (unpaired) electrons. The molecule has 1 aromatic heterocycles. The Bertz CT molecular complexity index is 637. The van der Waals surface area contributed by atoms with Gasteiger partial charge in [-0.1, -0.05) is 30.7 Å². The Morgan fingerprint density at radius 1 is 1.43 bits per heavy atom. The molecular weight excluding hydrogens is 307 g/mol. The van der Waals surface area contributed by atoms with Gasteiger partial charge in [-0.15, -0.1) is 11.3 Å². The molecule has 1 aromatic carbocycles. The summed E-state index contributed by atoms with van der Waals surface area (Å²) in [7, 11) is 0. The molecule has 0 saturated heterocycles. The van der Waals surface area contributed by atoms with Crippen molar-refractivity contribution in [2.24, 2.45) is 0 Å². The Hall–Kier alpha value is -0.970. The van der Waals surface area contributed by atoms with Crippen LogP contribution in [0.3, 0.4) is 0 Å². The first-order chi connectivity index (χ1) is 10.2. The smallest absolute Gasteiger partial charge is 0.145 e. The molecule has 1 saturated carbocycles. The van der Waals surface area contributed by atoms with Crippen LogP contribution < -0.4 is 5.32 Å². The molecule has 0 spiro atoms. The maximum atomic E-state index is 14.0. The summed E-state index contributed by atoms with van der Waals surface area (Å²) in [6.45, 7) is 3.90. The molecule has 5 heteroatoms. The third-order valence-electron chi connectivity index (χ3n) is 3.64. The SMILES string of the molecule is CCNCc1sc(Cc2cccc(Cl)c2F)nc1C1CC1. The Labute approximate surface area is 133 Å². The van der Waals surface area contributed by atoms with E-state index < -0.39 is 0 Å². The zero-order valence-electron chi connectivity index (χ0n) is 12.0. The van der Waals surface area contributed by atoms with Crippen LogP contribution in [0.2, 0.25) is 5.02 Å². The molecule has 21 heavy (non-hydrogen) atoms. The largest absolute Gasteiger partial charge is 0.312 e. The first-order valence-electron chi connectivity index (χ1n) is 7.31. The summed E-state index contributed by atoms with van der Waals surface area (Å²) in [4.78, 5) is 6.06. The first kappa shape index (κ1) is 14.9. The minimum atomic E-state index is -0.324. The molecule has 2 aromatic rings. The Kier molecular flexibility index (Phi) is 4.57. The van der Waals surface area contributed by atoms with Gasteiger partial charge in [-0.2, -0.15) is 0 Å². The predicted octanol–water partition coefficient (Wildman–Crippen LogP) is 4.51. The lowest BCUT2D eigenvalue weighted by atomic mass is 10.1. The summed E-state index contributed by atoms with van der Waals surface area (Å²) in [5.74, 6) is 0.295. The molecule has 112 valence electrons. The Balaban J connectivity index is 1.83. The van der Waals surface area contributed by atoms with Crippen LogP contribution in [0.25, 0.3) is 0 Å². The second-order valence-corrected chi connectivity index (χ2v) is 6.94. The van der Waals surface area contributed by atoms with E-state index in [1.807, 2.05) is 0 Å². The summed E-state index contributed by atoms with van der Waals surface area (Å²) in [6.07, 6.45) is 2.98. The minimum absolute atomic E-state index is 0.180. The van der Waals surface area contributed by atoms with Gasteiger partial charge >= 0.3 is 0 Å². The molecule has 0 aliphatic heterocycles. The predicted molar refractivity (Wildman–Crippen MR) is 85.7 cm³/mol. The molecule has 1 heterocycles. The lowest BCUT2D eigenvalue weighted by molar-refractivity contribution is 0.614. The van der Waals surface area contributed by atoms with E-state index in [9.17, 15) is 4.39 Å². The summed E-state index contributed by atoms with van der Waals surface area (Å²) < 4.78 is 14.0. The highest BCUT2D eigenvalue weighted by Gasteiger charge is 2.29. The third-order valence-corrected chi connectivity index (χ3v) is 5.01. The standard InChI is InChI=1S/C16H18ClFN2S/c1-2-19-9-13-16(10-6-7-10)20-14(21-13)8-11-4-3-5-12(17)15(11)18/h3-5,10,19H,2,6-9H2,1H3. The summed E-state index contributed by atoms with van der Waals surface area (Å²) in [5, 5.41) is 4.52. The van der Waals surface area contributed by atoms with Gasteiger partial charge in [0.15, 0.2) is 0 Å². The molecule has 0 atom stereocenters. The van der Waals surface area contributed by atoms with Crippen molar-refractivity contribution in [3.8, 4) is 0 Å². The Morgan fingerprint density at radius 3 is 2.95 bits per heavy atom. The highest BCUT2D eigenvalue weighted by Crippen LogP contribution is 2.43. The van der Waals surface area contributed by atoms with Crippen molar-refractivity contribution in [1.82, 2.24) is 10.3 Å². The van der Waals surface area contributed by atoms with Crippen molar-refractivity contribution >= 4 is 22.9 Å². The molecule has 1 N–H and O–H groups in total. The second kappa shape index (κ2) is 6.42. The van der Waals surface area contributed by atoms with Crippen molar-refractivity contribution in [1.29, 1.82) is 0 Å². The topological polar surface area (TPSA) is 24.9 Å². The molecular formula is C16H18ClFN2S. The third kappa shape index (κ3) is 3.44. The van der Waals surface area contributed by atoms with Crippen LogP contribution in [-0.4, -0.2) is 11.5 Å². The van der Waals surface area contributed by atoms with Gasteiger partial charge in [0, 0.05) is 23.8 Å². The summed E-state index contributed by atoms with van der Waals surface area (Å²) in [6, 6.07) is 5.15. The van der Waals surface area contributed by atoms with Crippen molar-refractivity contribution in [2.75, 3.05) is 6.54 Å². The van der Waals surface area contributed by atoms with Crippen molar-refractivity contribution in [3.63, 3.8) is 0 Å². The molecule has 0 bridgehead atoms. The fraction of sp³-hybridized carbons (Fsp3) is 0.438. The molecule has 3 rings (SSSR count). The molecule has 1 fully saturated rings. The quantitative estimate of drug-likeness (QED) is 0.845. The average molecular weight is 325 g/mol. The van der Waals surface area contributed by atoms with Crippen LogP contribution in [-0.2, 0) is 13.0 Å². The van der Waals surface area contributed by atoms with E-state index in [1.54, 1.807) is 29.5 Å². The summed E-state index contributed by atoms with van der Waals surface area (Å²) in [5.41, 5.74) is 1.84. The van der Waals surface area contributed by atoms with Crippen LogP contribution in [0.1, 0.15) is 46.8 Å². The zero-order valence-corrected chi connectivity index (χ0v) is 13.5. The van der Waals surface area contributed by atoms with Gasteiger partial charge in [-0.3, -0.25) is 0 Å². The highest BCUT2D eigenvalue weighted by molar-refractivity contribution is 7.11. The van der Waals surface area contributed by atoms with Crippen LogP contribution in [0.4, 0.5) is 4.39 Å². The molecule has 0 amide bonds. The van der Waals surface area contributed by atoms with Gasteiger partial charge in [0.2, 0.25) is 0 Å². The molecule has 1 aliphatic carbocycles. The number of hydrogen-bond acceptors (Lipinski definition) is 3. The van der Waals surface area contributed by atoms with E-state index in [0.29, 0.717) is 17.9 Å². The number of nitrogens with one attached hydrogen (secondary N) is 1. The minimum Gasteiger partial charge on any atom is -0.312 e. The van der Waals surface area contributed by atoms with E-state index >= 15 is 0 Å². The number of rotatable bonds is 6. The Morgan fingerprint density at radius 2 is 2.24 bits per heavy atom. The highest BCUT2D eigenvalue weighted by atomic mass is 35.5. The maximum absolute atomic E-state index is 14.0. The van der Waals surface area contributed by atoms with E-state index in [1.165, 1.54) is 23.4 Å². The second-order valence-electron chi connectivity index (χ2n) is 5.36. The lowest BCUT2D eigenvalue weighted by Gasteiger charge is -2.01. The number of halogens is 2. The van der Waals surface area contributed by atoms with Crippen molar-refractivity contribution in [2.45, 2.75) is 38.6 Å². The monoisotopic (exact) mass is 324 g/mol. The van der Waals surface area contributed by atoms with Crippen LogP contribution in [0.5, 0.6) is 0 Å². The normalized spacial score (nSPS) is 14.6. The van der Waals surface area contributed by atoms with E-state index in [2.05, 4.69) is 12.2 Å². The van der Waals surface area contributed by atoms with Gasteiger partial charge < -0.3 is 5.32 Å². The fourth-order valence-corrected chi connectivity index (χ4v) is 3.72. The van der Waals surface area contributed by atoms with Crippen LogP contribution in [0.15, 0.2) is 18.2 Å². The average Bonchev–Trinajstić information content (AvgIpc) is 3.24. The van der Waals surface area contributed by atoms with E-state index in [0.717, 1.165) is 18.1 Å². The maximum Gasteiger partial charge on any atom is 0.145 e. The zero-order chi connectivity index (χ0) is 14.8. The van der Waals surface area contributed by atoms with Gasteiger partial charge in [-0.05, 0) is 31.0 Å². The molecule has 0 unspecified atom stereocenters. The number of hydrogen-bond donors (Lipinski definition) is 1. The van der Waals surface area contributed by atoms with Gasteiger partial charge in [0.05, 0.1) is 15.7 Å². The van der Waals surface area contributed by atoms with Gasteiger partial charge in [0.25, 0.3) is 0 Å². The first-order valence-corrected chi connectivity index (χ1v) is 8.50. The van der Waals surface area contributed by atoms with E-state index in [4.69, 9.17) is 16.6 Å². The van der Waals surface area contributed by atoms with Crippen LogP contribution >= 0.6 is 22.9 Å². The number of nitrogens with zero attached hydrogens (tertiary/aromatic N) is 1. The number of thiazole rings is 1. The van der Waals surface area contributed by atoms with Gasteiger partial charge in [-0.25, -0.2) is 9.37 Å². The van der Waals surface area contributed by atoms with Crippen molar-refractivity contribution in [3.05, 3.63) is 50.2 Å². The number of benzene rings is 1. The van der Waals surface area contributed by atoms with Crippen LogP contribution in [0, 0.1) is 5.82 Å². The number of aromatic nitrogens is 1. The lowest BCUT2D eigenvalue weighted by Crippen LogP contribution is -2.11. The molecule has 1 aliphatic rings. The van der Waals surface area contributed by atoms with Gasteiger partial charge in [0.1, 0.15) is 5.82 Å². The fourth-order valence-electron chi connectivity index (χ4n) is 2.38. The summed E-state index contributed by atoms with van der Waals surface area (Å²) >= 11 is 7.54.